The normalized spacial score (nSPS) is 19.6. The van der Waals surface area contributed by atoms with Gasteiger partial charge in [-0.15, -0.1) is 12.4 Å². The first-order valence-electron chi connectivity index (χ1n) is 8.55. The van der Waals surface area contributed by atoms with Gasteiger partial charge in [0.15, 0.2) is 0 Å². The number of amides is 1. The Morgan fingerprint density at radius 2 is 2.04 bits per heavy atom. The fourth-order valence-corrected chi connectivity index (χ4v) is 3.51. The van der Waals surface area contributed by atoms with Crippen LogP contribution in [0.15, 0.2) is 22.6 Å². The van der Waals surface area contributed by atoms with E-state index in [0.29, 0.717) is 31.0 Å². The number of nitrogens with one attached hydrogen (secondary N) is 1. The molecule has 8 heteroatoms. The lowest BCUT2D eigenvalue weighted by atomic mass is 9.97. The molecule has 4 rings (SSSR count). The molecule has 0 spiro atoms. The summed E-state index contributed by atoms with van der Waals surface area (Å²) in [6, 6.07) is 3.19. The second-order valence-corrected chi connectivity index (χ2v) is 6.60. The summed E-state index contributed by atoms with van der Waals surface area (Å²) in [5.74, 6) is -0.318. The summed E-state index contributed by atoms with van der Waals surface area (Å²) in [4.78, 5) is 18.8. The van der Waals surface area contributed by atoms with Crippen LogP contribution in [-0.2, 0) is 17.8 Å². The summed E-state index contributed by atoms with van der Waals surface area (Å²) in [6.45, 7) is 2.64. The molecule has 26 heavy (non-hydrogen) atoms. The maximum absolute atomic E-state index is 13.4. The maximum Gasteiger partial charge on any atom is 0.227 e. The van der Waals surface area contributed by atoms with Crippen molar-refractivity contribution in [3.05, 3.63) is 41.3 Å². The lowest BCUT2D eigenvalue weighted by molar-refractivity contribution is -0.137. The van der Waals surface area contributed by atoms with Gasteiger partial charge in [-0.1, -0.05) is 0 Å². The highest BCUT2D eigenvalue weighted by molar-refractivity contribution is 5.85. The van der Waals surface area contributed by atoms with E-state index in [-0.39, 0.29) is 35.7 Å². The molecule has 1 amide bonds. The number of aromatic nitrogens is 1. The van der Waals surface area contributed by atoms with E-state index in [1.165, 1.54) is 12.1 Å². The Morgan fingerprint density at radius 3 is 2.73 bits per heavy atom. The Labute approximate surface area is 156 Å². The molecule has 1 N–H and O–H groups in total. The van der Waals surface area contributed by atoms with Crippen LogP contribution in [0.3, 0.4) is 0 Å². The van der Waals surface area contributed by atoms with Gasteiger partial charge < -0.3 is 14.6 Å². The van der Waals surface area contributed by atoms with Gasteiger partial charge in [0.1, 0.15) is 23.1 Å². The molecule has 1 saturated heterocycles. The van der Waals surface area contributed by atoms with E-state index < -0.39 is 11.6 Å². The molecular formula is C18H20ClF2N3O2. The van der Waals surface area contributed by atoms with Crippen molar-refractivity contribution in [2.75, 3.05) is 19.6 Å². The minimum atomic E-state index is -0.673. The number of rotatable bonds is 2. The fourth-order valence-electron chi connectivity index (χ4n) is 3.51. The molecule has 0 aliphatic carbocycles. The van der Waals surface area contributed by atoms with Crippen molar-refractivity contribution in [2.45, 2.75) is 25.8 Å². The van der Waals surface area contributed by atoms with Crippen LogP contribution in [0.1, 0.15) is 24.3 Å². The molecule has 0 bridgehead atoms. The molecule has 2 aromatic rings. The number of carbonyl (C=O) groups is 1. The number of fused-ring (bicyclic) bond motifs is 1. The van der Waals surface area contributed by atoms with Gasteiger partial charge in [0.2, 0.25) is 11.8 Å². The third kappa shape index (κ3) is 3.73. The Kier molecular flexibility index (Phi) is 5.58. The summed E-state index contributed by atoms with van der Waals surface area (Å²) in [7, 11) is 0. The second-order valence-electron chi connectivity index (χ2n) is 6.60. The summed E-state index contributed by atoms with van der Waals surface area (Å²) >= 11 is 0. The van der Waals surface area contributed by atoms with E-state index in [0.717, 1.165) is 32.0 Å². The third-order valence-corrected chi connectivity index (χ3v) is 4.79. The Morgan fingerprint density at radius 1 is 1.27 bits per heavy atom. The predicted octanol–water partition coefficient (Wildman–Crippen LogP) is 2.93. The number of hydrogen-bond acceptors (Lipinski definition) is 4. The van der Waals surface area contributed by atoms with Gasteiger partial charge >= 0.3 is 0 Å². The third-order valence-electron chi connectivity index (χ3n) is 4.79. The van der Waals surface area contributed by atoms with E-state index in [2.05, 4.69) is 10.3 Å². The van der Waals surface area contributed by atoms with E-state index >= 15 is 0 Å². The summed E-state index contributed by atoms with van der Waals surface area (Å²) in [5.41, 5.74) is 0.935. The topological polar surface area (TPSA) is 58.4 Å². The average molecular weight is 384 g/mol. The number of halogens is 3. The highest BCUT2D eigenvalue weighted by Crippen LogP contribution is 2.28. The van der Waals surface area contributed by atoms with E-state index in [1.54, 1.807) is 4.90 Å². The number of piperidine rings is 1. The van der Waals surface area contributed by atoms with Crippen molar-refractivity contribution in [1.29, 1.82) is 0 Å². The number of benzene rings is 1. The lowest BCUT2D eigenvalue weighted by Gasteiger charge is -2.31. The standard InChI is InChI=1S/C18H19F2N3O2.ClH/c19-13-6-12(7-14(20)8-13)17-22-15-10-23(5-3-16(15)25-17)18(24)11-2-1-4-21-9-11;/h6-8,11,21H,1-5,9-10H2;1H/t11-;/m1./s1. The van der Waals surface area contributed by atoms with E-state index in [1.807, 2.05) is 0 Å². The molecule has 0 unspecified atom stereocenters. The van der Waals surface area contributed by atoms with Gasteiger partial charge in [0.25, 0.3) is 0 Å². The Bertz CT molecular complexity index is 785. The highest BCUT2D eigenvalue weighted by Gasteiger charge is 2.30. The lowest BCUT2D eigenvalue weighted by Crippen LogP contribution is -2.44. The SMILES string of the molecule is Cl.O=C([C@@H]1CCCNC1)N1CCc2oc(-c3cc(F)cc(F)c3)nc2C1. The zero-order chi connectivity index (χ0) is 17.4. The van der Waals surface area contributed by atoms with Crippen molar-refractivity contribution in [2.24, 2.45) is 5.92 Å². The minimum Gasteiger partial charge on any atom is -0.441 e. The van der Waals surface area contributed by atoms with Crippen LogP contribution in [0.2, 0.25) is 0 Å². The summed E-state index contributed by atoms with van der Waals surface area (Å²) in [6.07, 6.45) is 2.47. The van der Waals surface area contributed by atoms with Gasteiger partial charge in [-0.3, -0.25) is 4.79 Å². The quantitative estimate of drug-likeness (QED) is 0.866. The average Bonchev–Trinajstić information content (AvgIpc) is 3.04. The predicted molar refractivity (Wildman–Crippen MR) is 93.8 cm³/mol. The van der Waals surface area contributed by atoms with Crippen LogP contribution in [-0.4, -0.2) is 35.4 Å². The van der Waals surface area contributed by atoms with Gasteiger partial charge in [-0.25, -0.2) is 13.8 Å². The van der Waals surface area contributed by atoms with Gasteiger partial charge in [0, 0.05) is 31.1 Å². The number of carbonyl (C=O) groups excluding carboxylic acids is 1. The molecule has 0 radical (unpaired) electrons. The fraction of sp³-hybridized carbons (Fsp3) is 0.444. The smallest absolute Gasteiger partial charge is 0.227 e. The number of nitrogens with zero attached hydrogens (tertiary/aromatic N) is 2. The van der Waals surface area contributed by atoms with E-state index in [9.17, 15) is 13.6 Å². The monoisotopic (exact) mass is 383 g/mol. The van der Waals surface area contributed by atoms with Crippen molar-refractivity contribution in [3.63, 3.8) is 0 Å². The van der Waals surface area contributed by atoms with Crippen LogP contribution in [0.5, 0.6) is 0 Å². The van der Waals surface area contributed by atoms with Crippen molar-refractivity contribution >= 4 is 18.3 Å². The summed E-state index contributed by atoms with van der Waals surface area (Å²) in [5, 5.41) is 3.26. The molecule has 2 aliphatic rings. The first kappa shape index (κ1) is 18.8. The van der Waals surface area contributed by atoms with Crippen LogP contribution in [0, 0.1) is 17.6 Å². The number of hydrogen-bond donors (Lipinski definition) is 1. The Hall–Kier alpha value is -1.99. The van der Waals surface area contributed by atoms with Gasteiger partial charge in [-0.05, 0) is 31.5 Å². The van der Waals surface area contributed by atoms with Crippen molar-refractivity contribution in [1.82, 2.24) is 15.2 Å². The molecule has 1 aromatic carbocycles. The molecule has 140 valence electrons. The van der Waals surface area contributed by atoms with Gasteiger partial charge in [-0.2, -0.15) is 0 Å². The van der Waals surface area contributed by atoms with Crippen molar-refractivity contribution in [3.8, 4) is 11.5 Å². The van der Waals surface area contributed by atoms with Crippen LogP contribution >= 0.6 is 12.4 Å². The molecule has 0 saturated carbocycles. The maximum atomic E-state index is 13.4. The van der Waals surface area contributed by atoms with Crippen molar-refractivity contribution < 1.29 is 18.0 Å². The molecule has 3 heterocycles. The van der Waals surface area contributed by atoms with E-state index in [4.69, 9.17) is 4.42 Å². The second kappa shape index (κ2) is 7.72. The van der Waals surface area contributed by atoms with Crippen LogP contribution in [0.25, 0.3) is 11.5 Å². The van der Waals surface area contributed by atoms with Crippen LogP contribution in [0.4, 0.5) is 8.78 Å². The first-order valence-corrected chi connectivity index (χ1v) is 8.55. The van der Waals surface area contributed by atoms with Gasteiger partial charge in [0.05, 0.1) is 12.5 Å². The summed E-state index contributed by atoms with van der Waals surface area (Å²) < 4.78 is 32.5. The zero-order valence-electron chi connectivity index (χ0n) is 14.1. The zero-order valence-corrected chi connectivity index (χ0v) is 15.0. The minimum absolute atomic E-state index is 0. The molecule has 1 fully saturated rings. The Balaban J connectivity index is 0.00000196. The molecule has 2 aliphatic heterocycles. The highest BCUT2D eigenvalue weighted by atomic mass is 35.5. The largest absolute Gasteiger partial charge is 0.441 e. The molecule has 5 nitrogen and oxygen atoms in total. The molecule has 1 atom stereocenters. The van der Waals surface area contributed by atoms with Crippen LogP contribution < -0.4 is 5.32 Å². The first-order chi connectivity index (χ1) is 12.1. The molecule has 1 aromatic heterocycles. The number of oxazole rings is 1. The molecular weight excluding hydrogens is 364 g/mol.